The monoisotopic (exact) mass is 254 g/mol. The summed E-state index contributed by atoms with van der Waals surface area (Å²) >= 11 is 1.23. The highest BCUT2D eigenvalue weighted by molar-refractivity contribution is 7.12. The molecule has 0 unspecified atom stereocenters. The number of piperazine rings is 1. The van der Waals surface area contributed by atoms with Crippen molar-refractivity contribution in [1.29, 1.82) is 0 Å². The van der Waals surface area contributed by atoms with Crippen molar-refractivity contribution in [2.24, 2.45) is 0 Å². The van der Waals surface area contributed by atoms with Crippen molar-refractivity contribution in [2.75, 3.05) is 26.7 Å². The number of nitrogens with zero attached hydrogens (tertiary/aromatic N) is 2. The van der Waals surface area contributed by atoms with E-state index in [-0.39, 0.29) is 5.91 Å². The van der Waals surface area contributed by atoms with Crippen molar-refractivity contribution in [3.05, 3.63) is 21.9 Å². The van der Waals surface area contributed by atoms with Gasteiger partial charge in [0.05, 0.1) is 6.54 Å². The quantitative estimate of drug-likeness (QED) is 0.863. The normalized spacial score (nSPS) is 17.5. The minimum absolute atomic E-state index is 0.0864. The van der Waals surface area contributed by atoms with Crippen LogP contribution in [0.1, 0.15) is 15.2 Å². The van der Waals surface area contributed by atoms with Crippen LogP contribution in [-0.4, -0.2) is 53.5 Å². The second kappa shape index (κ2) is 4.85. The topological polar surface area (TPSA) is 60.9 Å². The minimum Gasteiger partial charge on any atom is -0.477 e. The largest absolute Gasteiger partial charge is 0.477 e. The molecule has 0 aromatic carbocycles. The molecule has 1 aromatic heterocycles. The molecule has 2 heterocycles. The van der Waals surface area contributed by atoms with Crippen LogP contribution in [0.25, 0.3) is 0 Å². The molecule has 1 N–H and O–H groups in total. The number of rotatable bonds is 3. The second-order valence-corrected chi connectivity index (χ2v) is 5.02. The van der Waals surface area contributed by atoms with Crippen molar-refractivity contribution in [1.82, 2.24) is 9.80 Å². The zero-order valence-electron chi connectivity index (χ0n) is 9.55. The lowest BCUT2D eigenvalue weighted by atomic mass is 10.2. The second-order valence-electron chi connectivity index (χ2n) is 4.11. The molecule has 0 bridgehead atoms. The lowest BCUT2D eigenvalue weighted by Gasteiger charge is -2.31. The predicted molar refractivity (Wildman–Crippen MR) is 64.2 cm³/mol. The molecule has 1 saturated heterocycles. The number of likely N-dealkylation sites (N-methyl/N-ethyl adjacent to an activating group) is 1. The van der Waals surface area contributed by atoms with Crippen LogP contribution in [0.15, 0.2) is 11.4 Å². The summed E-state index contributed by atoms with van der Waals surface area (Å²) < 4.78 is 0. The number of carboxylic acids is 1. The Morgan fingerprint density at radius 1 is 1.53 bits per heavy atom. The van der Waals surface area contributed by atoms with Crippen molar-refractivity contribution in [2.45, 2.75) is 6.54 Å². The summed E-state index contributed by atoms with van der Waals surface area (Å²) in [6, 6.07) is 1.82. The van der Waals surface area contributed by atoms with E-state index < -0.39 is 5.97 Å². The molecule has 0 spiro atoms. The summed E-state index contributed by atoms with van der Waals surface area (Å²) in [5, 5.41) is 10.8. The van der Waals surface area contributed by atoms with Gasteiger partial charge in [-0.3, -0.25) is 9.69 Å². The molecule has 92 valence electrons. The molecule has 1 amide bonds. The molecule has 0 saturated carbocycles. The van der Waals surface area contributed by atoms with Gasteiger partial charge in [-0.25, -0.2) is 4.79 Å². The SMILES string of the molecule is CN1CCN(Cc2ccsc2C(=O)O)CC1=O. The lowest BCUT2D eigenvalue weighted by molar-refractivity contribution is -0.134. The summed E-state index contributed by atoms with van der Waals surface area (Å²) in [4.78, 5) is 26.5. The number of hydrogen-bond donors (Lipinski definition) is 1. The average Bonchev–Trinajstić information content (AvgIpc) is 2.72. The van der Waals surface area contributed by atoms with Crippen molar-refractivity contribution >= 4 is 23.2 Å². The summed E-state index contributed by atoms with van der Waals surface area (Å²) in [5.74, 6) is -0.807. The average molecular weight is 254 g/mol. The van der Waals surface area contributed by atoms with E-state index in [1.54, 1.807) is 17.3 Å². The molecule has 1 aromatic rings. The third-order valence-corrected chi connectivity index (χ3v) is 3.82. The third-order valence-electron chi connectivity index (χ3n) is 2.87. The van der Waals surface area contributed by atoms with Crippen LogP contribution in [0.3, 0.4) is 0 Å². The van der Waals surface area contributed by atoms with Crippen LogP contribution in [-0.2, 0) is 11.3 Å². The van der Waals surface area contributed by atoms with E-state index in [0.29, 0.717) is 24.5 Å². The van der Waals surface area contributed by atoms with Gasteiger partial charge in [-0.15, -0.1) is 11.3 Å². The maximum absolute atomic E-state index is 11.5. The van der Waals surface area contributed by atoms with Gasteiger partial charge in [0.2, 0.25) is 5.91 Å². The van der Waals surface area contributed by atoms with Gasteiger partial charge >= 0.3 is 5.97 Å². The van der Waals surface area contributed by atoms with Gasteiger partial charge in [0.1, 0.15) is 4.88 Å². The number of carbonyl (C=O) groups excluding carboxylic acids is 1. The Morgan fingerprint density at radius 2 is 2.29 bits per heavy atom. The molecule has 0 atom stereocenters. The Hall–Kier alpha value is -1.40. The number of aromatic carboxylic acids is 1. The maximum Gasteiger partial charge on any atom is 0.346 e. The maximum atomic E-state index is 11.5. The molecule has 1 aliphatic rings. The molecular weight excluding hydrogens is 240 g/mol. The first kappa shape index (κ1) is 12.1. The van der Waals surface area contributed by atoms with E-state index in [1.165, 1.54) is 11.3 Å². The fourth-order valence-corrected chi connectivity index (χ4v) is 2.58. The number of hydrogen-bond acceptors (Lipinski definition) is 4. The first-order valence-corrected chi connectivity index (χ1v) is 6.22. The molecule has 0 aliphatic carbocycles. The predicted octanol–water partition coefficient (Wildman–Crippen LogP) is 0.720. The van der Waals surface area contributed by atoms with Gasteiger partial charge in [-0.05, 0) is 17.0 Å². The summed E-state index contributed by atoms with van der Waals surface area (Å²) in [7, 11) is 1.78. The molecule has 0 radical (unpaired) electrons. The zero-order chi connectivity index (χ0) is 12.4. The summed E-state index contributed by atoms with van der Waals surface area (Å²) in [6.45, 7) is 2.39. The van der Waals surface area contributed by atoms with E-state index in [1.807, 2.05) is 11.0 Å². The molecular formula is C11H14N2O3S. The first-order chi connectivity index (χ1) is 8.08. The van der Waals surface area contributed by atoms with E-state index in [0.717, 1.165) is 12.1 Å². The number of amides is 1. The smallest absolute Gasteiger partial charge is 0.346 e. The van der Waals surface area contributed by atoms with Crippen LogP contribution >= 0.6 is 11.3 Å². The standard InChI is InChI=1S/C11H14N2O3S/c1-12-3-4-13(7-9(12)14)6-8-2-5-17-10(8)11(15)16/h2,5H,3-4,6-7H2,1H3,(H,15,16). The number of thiophene rings is 1. The lowest BCUT2D eigenvalue weighted by Crippen LogP contribution is -2.48. The fraction of sp³-hybridized carbons (Fsp3) is 0.455. The number of carbonyl (C=O) groups is 2. The summed E-state index contributed by atoms with van der Waals surface area (Å²) in [5.41, 5.74) is 0.792. The molecule has 6 heteroatoms. The Kier molecular flexibility index (Phi) is 3.44. The minimum atomic E-state index is -0.893. The van der Waals surface area contributed by atoms with E-state index >= 15 is 0 Å². The van der Waals surface area contributed by atoms with Gasteiger partial charge in [0.25, 0.3) is 0 Å². The van der Waals surface area contributed by atoms with Gasteiger partial charge < -0.3 is 10.0 Å². The molecule has 1 aliphatic heterocycles. The Balaban J connectivity index is 2.04. The summed E-state index contributed by atoms with van der Waals surface area (Å²) in [6.07, 6.45) is 0. The zero-order valence-corrected chi connectivity index (χ0v) is 10.4. The van der Waals surface area contributed by atoms with Crippen molar-refractivity contribution in [3.8, 4) is 0 Å². The third kappa shape index (κ3) is 2.65. The highest BCUT2D eigenvalue weighted by atomic mass is 32.1. The van der Waals surface area contributed by atoms with Crippen LogP contribution < -0.4 is 0 Å². The Labute approximate surface area is 103 Å². The van der Waals surface area contributed by atoms with Gasteiger partial charge in [0, 0.05) is 26.7 Å². The van der Waals surface area contributed by atoms with Crippen LogP contribution in [0.5, 0.6) is 0 Å². The van der Waals surface area contributed by atoms with E-state index in [2.05, 4.69) is 0 Å². The Bertz CT molecular complexity index is 444. The first-order valence-electron chi connectivity index (χ1n) is 5.34. The van der Waals surface area contributed by atoms with E-state index in [4.69, 9.17) is 5.11 Å². The van der Waals surface area contributed by atoms with Gasteiger partial charge in [-0.1, -0.05) is 0 Å². The highest BCUT2D eigenvalue weighted by Crippen LogP contribution is 2.19. The highest BCUT2D eigenvalue weighted by Gasteiger charge is 2.22. The van der Waals surface area contributed by atoms with E-state index in [9.17, 15) is 9.59 Å². The molecule has 1 fully saturated rings. The van der Waals surface area contributed by atoms with Gasteiger partial charge in [0.15, 0.2) is 0 Å². The van der Waals surface area contributed by atoms with Crippen LogP contribution in [0.2, 0.25) is 0 Å². The van der Waals surface area contributed by atoms with Crippen LogP contribution in [0.4, 0.5) is 0 Å². The molecule has 17 heavy (non-hydrogen) atoms. The molecule has 5 nitrogen and oxygen atoms in total. The van der Waals surface area contributed by atoms with Crippen LogP contribution in [0, 0.1) is 0 Å². The van der Waals surface area contributed by atoms with Gasteiger partial charge in [-0.2, -0.15) is 0 Å². The molecule has 2 rings (SSSR count). The fourth-order valence-electron chi connectivity index (χ4n) is 1.83. The number of carboxylic acid groups (broad SMARTS) is 1. The van der Waals surface area contributed by atoms with Crippen molar-refractivity contribution < 1.29 is 14.7 Å². The Morgan fingerprint density at radius 3 is 2.94 bits per heavy atom. The van der Waals surface area contributed by atoms with Crippen molar-refractivity contribution in [3.63, 3.8) is 0 Å².